The van der Waals surface area contributed by atoms with Gasteiger partial charge in [-0.05, 0) is 30.3 Å². The third kappa shape index (κ3) is 3.14. The Balaban J connectivity index is 2.24. The van der Waals surface area contributed by atoms with Crippen LogP contribution < -0.4 is 5.32 Å². The predicted octanol–water partition coefficient (Wildman–Crippen LogP) is 3.11. The van der Waals surface area contributed by atoms with Crippen molar-refractivity contribution >= 4 is 27.5 Å². The lowest BCUT2D eigenvalue weighted by atomic mass is 10.2. The maximum atomic E-state index is 12.6. The molecule has 2 rings (SSSR count). The molecule has 0 aliphatic rings. The second kappa shape index (κ2) is 5.59. The molecule has 1 aromatic heterocycles. The monoisotopic (exact) mass is 319 g/mol. The Labute approximate surface area is 117 Å². The van der Waals surface area contributed by atoms with Gasteiger partial charge in [-0.3, -0.25) is 4.79 Å². The van der Waals surface area contributed by atoms with Gasteiger partial charge in [0.05, 0.1) is 16.8 Å². The van der Waals surface area contributed by atoms with Crippen LogP contribution in [0.4, 0.5) is 10.1 Å². The zero-order chi connectivity index (χ0) is 13.8. The Bertz CT molecular complexity index is 665. The van der Waals surface area contributed by atoms with Crippen molar-refractivity contribution in [3.8, 4) is 6.07 Å². The number of amides is 1. The number of nitrogens with one attached hydrogen (secondary N) is 1. The van der Waals surface area contributed by atoms with Crippen LogP contribution in [-0.4, -0.2) is 10.9 Å². The number of pyridine rings is 1. The number of carbonyl (C=O) groups is 1. The van der Waals surface area contributed by atoms with E-state index in [2.05, 4.69) is 26.2 Å². The molecule has 0 saturated carbocycles. The Kier molecular flexibility index (Phi) is 3.88. The fourth-order valence-corrected chi connectivity index (χ4v) is 1.78. The minimum Gasteiger partial charge on any atom is -0.321 e. The van der Waals surface area contributed by atoms with Gasteiger partial charge in [0.2, 0.25) is 5.95 Å². The number of hydrogen-bond acceptors (Lipinski definition) is 3. The predicted molar refractivity (Wildman–Crippen MR) is 71.0 cm³/mol. The Morgan fingerprint density at radius 2 is 2.16 bits per heavy atom. The fraction of sp³-hybridized carbons (Fsp3) is 0. The summed E-state index contributed by atoms with van der Waals surface area (Å²) >= 11 is 3.24. The quantitative estimate of drug-likeness (QED) is 0.865. The summed E-state index contributed by atoms with van der Waals surface area (Å²) in [7, 11) is 0. The van der Waals surface area contributed by atoms with Gasteiger partial charge < -0.3 is 5.32 Å². The maximum absolute atomic E-state index is 12.6. The molecule has 0 fully saturated rings. The molecule has 1 heterocycles. The molecule has 6 heteroatoms. The van der Waals surface area contributed by atoms with Gasteiger partial charge in [-0.1, -0.05) is 15.9 Å². The number of carbonyl (C=O) groups excluding carboxylic acids is 1. The summed E-state index contributed by atoms with van der Waals surface area (Å²) in [6.45, 7) is 0. The van der Waals surface area contributed by atoms with Gasteiger partial charge >= 0.3 is 0 Å². The van der Waals surface area contributed by atoms with Gasteiger partial charge in [0.1, 0.15) is 6.07 Å². The number of nitriles is 1. The van der Waals surface area contributed by atoms with Crippen molar-refractivity contribution in [1.82, 2.24) is 4.98 Å². The summed E-state index contributed by atoms with van der Waals surface area (Å²) in [4.78, 5) is 15.3. The Hall–Kier alpha value is -2.26. The van der Waals surface area contributed by atoms with E-state index < -0.39 is 11.9 Å². The summed E-state index contributed by atoms with van der Waals surface area (Å²) < 4.78 is 13.4. The smallest absolute Gasteiger partial charge is 0.257 e. The van der Waals surface area contributed by atoms with Crippen LogP contribution in [0.2, 0.25) is 0 Å². The van der Waals surface area contributed by atoms with E-state index in [9.17, 15) is 9.18 Å². The van der Waals surface area contributed by atoms with Gasteiger partial charge in [0.25, 0.3) is 5.91 Å². The van der Waals surface area contributed by atoms with Gasteiger partial charge in [-0.2, -0.15) is 9.65 Å². The van der Waals surface area contributed by atoms with Crippen LogP contribution in [0.15, 0.2) is 41.0 Å². The topological polar surface area (TPSA) is 65.8 Å². The van der Waals surface area contributed by atoms with Crippen molar-refractivity contribution in [1.29, 1.82) is 5.26 Å². The molecule has 0 unspecified atom stereocenters. The number of benzene rings is 1. The van der Waals surface area contributed by atoms with E-state index in [-0.39, 0.29) is 5.56 Å². The molecule has 0 aliphatic carbocycles. The Morgan fingerprint density at radius 1 is 1.37 bits per heavy atom. The van der Waals surface area contributed by atoms with Gasteiger partial charge in [-0.25, -0.2) is 4.98 Å². The van der Waals surface area contributed by atoms with Crippen molar-refractivity contribution in [2.45, 2.75) is 0 Å². The third-order valence-corrected chi connectivity index (χ3v) is 2.83. The van der Waals surface area contributed by atoms with Crippen molar-refractivity contribution in [2.75, 3.05) is 5.32 Å². The van der Waals surface area contributed by atoms with Crippen molar-refractivity contribution in [3.05, 3.63) is 58.1 Å². The first kappa shape index (κ1) is 13.2. The zero-order valence-electron chi connectivity index (χ0n) is 9.52. The molecule has 1 amide bonds. The Morgan fingerprint density at radius 3 is 2.79 bits per heavy atom. The standard InChI is InChI=1S/C13H7BrFN3O/c14-10-2-3-11(9(5-10)6-16)18-13(19)8-1-4-12(15)17-7-8/h1-5,7H,(H,18,19). The molecule has 0 radical (unpaired) electrons. The summed E-state index contributed by atoms with van der Waals surface area (Å²) in [5.41, 5.74) is 0.936. The van der Waals surface area contributed by atoms with Gasteiger partial charge in [-0.15, -0.1) is 0 Å². The molecule has 1 aromatic carbocycles. The summed E-state index contributed by atoms with van der Waals surface area (Å²) in [5, 5.41) is 11.6. The number of hydrogen-bond donors (Lipinski definition) is 1. The van der Waals surface area contributed by atoms with Gasteiger partial charge in [0, 0.05) is 10.7 Å². The maximum Gasteiger partial charge on any atom is 0.257 e. The van der Waals surface area contributed by atoms with Crippen LogP contribution in [0.3, 0.4) is 0 Å². The average molecular weight is 320 g/mol. The van der Waals surface area contributed by atoms with E-state index in [1.165, 1.54) is 6.07 Å². The first-order valence-electron chi connectivity index (χ1n) is 5.22. The average Bonchev–Trinajstić information content (AvgIpc) is 2.41. The highest BCUT2D eigenvalue weighted by Gasteiger charge is 2.10. The molecule has 19 heavy (non-hydrogen) atoms. The van der Waals surface area contributed by atoms with Crippen LogP contribution >= 0.6 is 15.9 Å². The van der Waals surface area contributed by atoms with E-state index in [1.807, 2.05) is 6.07 Å². The normalized spacial score (nSPS) is 9.74. The number of rotatable bonds is 2. The molecule has 0 bridgehead atoms. The minimum absolute atomic E-state index is 0.216. The first-order valence-corrected chi connectivity index (χ1v) is 6.02. The molecular weight excluding hydrogens is 313 g/mol. The molecule has 0 saturated heterocycles. The molecule has 94 valence electrons. The SMILES string of the molecule is N#Cc1cc(Br)ccc1NC(=O)c1ccc(F)nc1. The summed E-state index contributed by atoms with van der Waals surface area (Å²) in [5.74, 6) is -1.11. The molecule has 0 spiro atoms. The van der Waals surface area contributed by atoms with E-state index in [0.717, 1.165) is 16.7 Å². The van der Waals surface area contributed by atoms with E-state index in [1.54, 1.807) is 18.2 Å². The van der Waals surface area contributed by atoms with Crippen LogP contribution in [0.25, 0.3) is 0 Å². The van der Waals surface area contributed by atoms with Crippen molar-refractivity contribution in [3.63, 3.8) is 0 Å². The lowest BCUT2D eigenvalue weighted by Crippen LogP contribution is -2.13. The van der Waals surface area contributed by atoms with Crippen molar-refractivity contribution < 1.29 is 9.18 Å². The second-order valence-corrected chi connectivity index (χ2v) is 4.54. The van der Waals surface area contributed by atoms with Crippen LogP contribution in [0.1, 0.15) is 15.9 Å². The molecule has 2 aromatic rings. The molecule has 0 aliphatic heterocycles. The zero-order valence-corrected chi connectivity index (χ0v) is 11.1. The number of halogens is 2. The third-order valence-electron chi connectivity index (χ3n) is 2.34. The number of nitrogens with zero attached hydrogens (tertiary/aromatic N) is 2. The van der Waals surface area contributed by atoms with E-state index in [0.29, 0.717) is 11.3 Å². The summed E-state index contributed by atoms with van der Waals surface area (Å²) in [6.07, 6.45) is 1.13. The highest BCUT2D eigenvalue weighted by atomic mass is 79.9. The van der Waals surface area contributed by atoms with Gasteiger partial charge in [0.15, 0.2) is 0 Å². The van der Waals surface area contributed by atoms with E-state index in [4.69, 9.17) is 5.26 Å². The minimum atomic E-state index is -0.655. The van der Waals surface area contributed by atoms with Crippen molar-refractivity contribution in [2.24, 2.45) is 0 Å². The molecule has 0 atom stereocenters. The van der Waals surface area contributed by atoms with Crippen LogP contribution in [0.5, 0.6) is 0 Å². The summed E-state index contributed by atoms with van der Waals surface area (Å²) in [6, 6.07) is 9.31. The molecule has 1 N–H and O–H groups in total. The largest absolute Gasteiger partial charge is 0.321 e. The lowest BCUT2D eigenvalue weighted by Gasteiger charge is -2.07. The lowest BCUT2D eigenvalue weighted by molar-refractivity contribution is 0.102. The number of aromatic nitrogens is 1. The fourth-order valence-electron chi connectivity index (χ4n) is 1.42. The van der Waals surface area contributed by atoms with E-state index >= 15 is 0 Å². The van der Waals surface area contributed by atoms with Crippen LogP contribution in [0, 0.1) is 17.3 Å². The number of anilines is 1. The molecular formula is C13H7BrFN3O. The highest BCUT2D eigenvalue weighted by molar-refractivity contribution is 9.10. The second-order valence-electron chi connectivity index (χ2n) is 3.63. The van der Waals surface area contributed by atoms with Crippen LogP contribution in [-0.2, 0) is 0 Å². The highest BCUT2D eigenvalue weighted by Crippen LogP contribution is 2.20. The first-order chi connectivity index (χ1) is 9.10. The molecule has 4 nitrogen and oxygen atoms in total.